The molecule has 18 heavy (non-hydrogen) atoms. The highest BCUT2D eigenvalue weighted by Crippen LogP contribution is 2.21. The van der Waals surface area contributed by atoms with Crippen molar-refractivity contribution >= 4 is 5.84 Å². The number of nitrogens with one attached hydrogen (secondary N) is 1. The Morgan fingerprint density at radius 3 is 2.72 bits per heavy atom. The lowest BCUT2D eigenvalue weighted by molar-refractivity contribution is 0.514. The van der Waals surface area contributed by atoms with Crippen LogP contribution in [0.1, 0.15) is 56.8 Å². The van der Waals surface area contributed by atoms with Crippen molar-refractivity contribution in [3.8, 4) is 0 Å². The van der Waals surface area contributed by atoms with E-state index in [1.807, 2.05) is 6.07 Å². The van der Waals surface area contributed by atoms with Gasteiger partial charge >= 0.3 is 0 Å². The average Bonchev–Trinajstić information content (AvgIpc) is 2.72. The van der Waals surface area contributed by atoms with Crippen LogP contribution in [0.25, 0.3) is 0 Å². The number of hydrogen-bond acceptors (Lipinski definition) is 3. The standard InChI is InChI=1S/C14H23N3O/c1-2-13-12(9-10-18-13)14(17-15)16-11-7-5-3-4-6-8-11/h9-11H,2-8,15H2,1H3,(H,16,17). The Hall–Kier alpha value is -1.29. The summed E-state index contributed by atoms with van der Waals surface area (Å²) in [5.74, 6) is 7.34. The molecule has 0 spiro atoms. The molecule has 1 aliphatic carbocycles. The van der Waals surface area contributed by atoms with Gasteiger partial charge < -0.3 is 9.84 Å². The van der Waals surface area contributed by atoms with Crippen LogP contribution in [0.15, 0.2) is 21.7 Å². The fraction of sp³-hybridized carbons (Fsp3) is 0.643. The van der Waals surface area contributed by atoms with Crippen molar-refractivity contribution in [2.45, 2.75) is 57.9 Å². The summed E-state index contributed by atoms with van der Waals surface area (Å²) in [5, 5.41) is 0. The Bertz CT molecular complexity index is 389. The van der Waals surface area contributed by atoms with E-state index in [1.54, 1.807) is 6.26 Å². The van der Waals surface area contributed by atoms with Gasteiger partial charge in [0.25, 0.3) is 0 Å². The zero-order valence-electron chi connectivity index (χ0n) is 11.1. The number of furan rings is 1. The van der Waals surface area contributed by atoms with Gasteiger partial charge in [-0.3, -0.25) is 4.99 Å². The molecular formula is C14H23N3O. The molecule has 4 nitrogen and oxygen atoms in total. The predicted molar refractivity (Wildman–Crippen MR) is 73.4 cm³/mol. The van der Waals surface area contributed by atoms with Gasteiger partial charge in [-0.1, -0.05) is 32.6 Å². The van der Waals surface area contributed by atoms with Crippen molar-refractivity contribution in [2.75, 3.05) is 0 Å². The van der Waals surface area contributed by atoms with E-state index in [0.29, 0.717) is 6.04 Å². The van der Waals surface area contributed by atoms with Gasteiger partial charge in [-0.25, -0.2) is 5.84 Å². The van der Waals surface area contributed by atoms with Crippen LogP contribution in [0, 0.1) is 0 Å². The van der Waals surface area contributed by atoms with Crippen molar-refractivity contribution in [1.82, 2.24) is 5.43 Å². The van der Waals surface area contributed by atoms with E-state index in [2.05, 4.69) is 12.3 Å². The maximum atomic E-state index is 5.62. The highest BCUT2D eigenvalue weighted by Gasteiger charge is 2.15. The Kier molecular flexibility index (Phi) is 4.81. The molecule has 1 aromatic heterocycles. The Morgan fingerprint density at radius 2 is 2.11 bits per heavy atom. The first-order valence-electron chi connectivity index (χ1n) is 6.96. The molecule has 1 fully saturated rings. The van der Waals surface area contributed by atoms with E-state index in [1.165, 1.54) is 38.5 Å². The quantitative estimate of drug-likeness (QED) is 0.285. The average molecular weight is 249 g/mol. The predicted octanol–water partition coefficient (Wildman–Crippen LogP) is 2.77. The van der Waals surface area contributed by atoms with E-state index in [9.17, 15) is 0 Å². The smallest absolute Gasteiger partial charge is 0.146 e. The summed E-state index contributed by atoms with van der Waals surface area (Å²) in [4.78, 5) is 4.79. The Labute approximate surface area is 109 Å². The summed E-state index contributed by atoms with van der Waals surface area (Å²) in [6, 6.07) is 2.34. The van der Waals surface area contributed by atoms with Gasteiger partial charge in [0.05, 0.1) is 17.9 Å². The molecule has 100 valence electrons. The minimum Gasteiger partial charge on any atom is -0.469 e. The maximum Gasteiger partial charge on any atom is 0.146 e. The second-order valence-electron chi connectivity index (χ2n) is 4.88. The third-order valence-corrected chi connectivity index (χ3v) is 3.59. The van der Waals surface area contributed by atoms with Crippen LogP contribution in [0.5, 0.6) is 0 Å². The first-order chi connectivity index (χ1) is 8.85. The number of hydrazine groups is 1. The summed E-state index contributed by atoms with van der Waals surface area (Å²) in [6.07, 6.45) is 10.1. The lowest BCUT2D eigenvalue weighted by Crippen LogP contribution is -2.32. The van der Waals surface area contributed by atoms with Crippen molar-refractivity contribution in [3.63, 3.8) is 0 Å². The molecule has 0 aromatic carbocycles. The van der Waals surface area contributed by atoms with Gasteiger partial charge in [0.1, 0.15) is 11.6 Å². The van der Waals surface area contributed by atoms with E-state index in [0.717, 1.165) is 23.6 Å². The zero-order chi connectivity index (χ0) is 12.8. The number of amidine groups is 1. The van der Waals surface area contributed by atoms with Gasteiger partial charge in [-0.05, 0) is 18.9 Å². The van der Waals surface area contributed by atoms with Crippen LogP contribution in [0.2, 0.25) is 0 Å². The lowest BCUT2D eigenvalue weighted by Gasteiger charge is -2.12. The van der Waals surface area contributed by atoms with Crippen LogP contribution in [-0.2, 0) is 6.42 Å². The minimum absolute atomic E-state index is 0.401. The second-order valence-corrected chi connectivity index (χ2v) is 4.88. The van der Waals surface area contributed by atoms with Crippen LogP contribution in [0.4, 0.5) is 0 Å². The first kappa shape index (κ1) is 13.1. The fourth-order valence-corrected chi connectivity index (χ4v) is 2.58. The van der Waals surface area contributed by atoms with Crippen molar-refractivity contribution < 1.29 is 4.42 Å². The molecule has 0 aliphatic heterocycles. The van der Waals surface area contributed by atoms with E-state index < -0.39 is 0 Å². The van der Waals surface area contributed by atoms with Gasteiger partial charge in [-0.2, -0.15) is 0 Å². The third-order valence-electron chi connectivity index (χ3n) is 3.59. The largest absolute Gasteiger partial charge is 0.469 e. The number of nitrogens with zero attached hydrogens (tertiary/aromatic N) is 1. The van der Waals surface area contributed by atoms with Crippen LogP contribution in [0.3, 0.4) is 0 Å². The summed E-state index contributed by atoms with van der Waals surface area (Å²) >= 11 is 0. The molecule has 0 radical (unpaired) electrons. The van der Waals surface area contributed by atoms with Crippen molar-refractivity contribution in [2.24, 2.45) is 10.8 Å². The van der Waals surface area contributed by atoms with Crippen LogP contribution in [-0.4, -0.2) is 11.9 Å². The summed E-state index contributed by atoms with van der Waals surface area (Å²) in [7, 11) is 0. The number of hydrogen-bond donors (Lipinski definition) is 2. The molecule has 2 rings (SSSR count). The molecule has 1 heterocycles. The molecule has 0 bridgehead atoms. The molecule has 1 aliphatic rings. The summed E-state index contributed by atoms with van der Waals surface area (Å²) < 4.78 is 5.43. The Morgan fingerprint density at radius 1 is 1.39 bits per heavy atom. The SMILES string of the molecule is CCc1occc1C(=NC1CCCCCC1)NN. The topological polar surface area (TPSA) is 63.5 Å². The van der Waals surface area contributed by atoms with E-state index in [-0.39, 0.29) is 0 Å². The highest BCUT2D eigenvalue weighted by molar-refractivity contribution is 5.99. The van der Waals surface area contributed by atoms with Gasteiger partial charge in [-0.15, -0.1) is 0 Å². The van der Waals surface area contributed by atoms with Crippen LogP contribution >= 0.6 is 0 Å². The summed E-state index contributed by atoms with van der Waals surface area (Å²) in [6.45, 7) is 2.07. The number of rotatable bonds is 3. The minimum atomic E-state index is 0.401. The highest BCUT2D eigenvalue weighted by atomic mass is 16.3. The van der Waals surface area contributed by atoms with Crippen LogP contribution < -0.4 is 11.3 Å². The van der Waals surface area contributed by atoms with Crippen molar-refractivity contribution in [1.29, 1.82) is 0 Å². The first-order valence-corrected chi connectivity index (χ1v) is 6.96. The molecule has 0 saturated heterocycles. The fourth-order valence-electron chi connectivity index (χ4n) is 2.58. The third kappa shape index (κ3) is 3.13. The lowest BCUT2D eigenvalue weighted by atomic mass is 10.1. The summed E-state index contributed by atoms with van der Waals surface area (Å²) in [5.41, 5.74) is 3.74. The molecule has 4 heteroatoms. The van der Waals surface area contributed by atoms with E-state index >= 15 is 0 Å². The molecule has 0 unspecified atom stereocenters. The van der Waals surface area contributed by atoms with Gasteiger partial charge in [0.15, 0.2) is 0 Å². The normalized spacial score (nSPS) is 18.7. The monoisotopic (exact) mass is 249 g/mol. The molecule has 3 N–H and O–H groups in total. The van der Waals surface area contributed by atoms with Gasteiger partial charge in [0.2, 0.25) is 0 Å². The molecule has 1 saturated carbocycles. The zero-order valence-corrected chi connectivity index (χ0v) is 11.1. The number of aliphatic imine (C=N–C) groups is 1. The molecule has 0 atom stereocenters. The number of aryl methyl sites for hydroxylation is 1. The second kappa shape index (κ2) is 6.59. The molecule has 1 aromatic rings. The molecule has 0 amide bonds. The molecular weight excluding hydrogens is 226 g/mol. The van der Waals surface area contributed by atoms with Gasteiger partial charge in [0, 0.05) is 6.42 Å². The maximum absolute atomic E-state index is 5.62. The number of nitrogens with two attached hydrogens (primary N) is 1. The van der Waals surface area contributed by atoms with Crippen molar-refractivity contribution in [3.05, 3.63) is 23.7 Å². The van der Waals surface area contributed by atoms with E-state index in [4.69, 9.17) is 15.3 Å². The Balaban J connectivity index is 2.16.